The third-order valence-corrected chi connectivity index (χ3v) is 3.35. The molecule has 0 unspecified atom stereocenters. The lowest BCUT2D eigenvalue weighted by molar-refractivity contribution is -0.118. The topological polar surface area (TPSA) is 88.0 Å². The Kier molecular flexibility index (Phi) is 6.36. The summed E-state index contributed by atoms with van der Waals surface area (Å²) >= 11 is 0. The standard InChI is InChI=1S/C17H23N5O2/c1-13(2)16(23)20-14-5-3-6-15(11-14)21-17(24)19-7-4-9-22-10-8-18-12-22/h3,5-6,8,10-13H,4,7,9H2,1-2H3,(H,20,23)(H2,19,21,24). The van der Waals surface area contributed by atoms with Gasteiger partial charge in [0.05, 0.1) is 6.33 Å². The van der Waals surface area contributed by atoms with Crippen LogP contribution >= 0.6 is 0 Å². The number of amides is 3. The van der Waals surface area contributed by atoms with E-state index in [0.29, 0.717) is 17.9 Å². The molecule has 0 fully saturated rings. The maximum absolute atomic E-state index is 11.9. The maximum atomic E-state index is 11.9. The second-order valence-corrected chi connectivity index (χ2v) is 5.76. The van der Waals surface area contributed by atoms with E-state index in [1.807, 2.05) is 24.6 Å². The van der Waals surface area contributed by atoms with Gasteiger partial charge in [0.1, 0.15) is 0 Å². The van der Waals surface area contributed by atoms with Crippen molar-refractivity contribution in [2.24, 2.45) is 5.92 Å². The minimum Gasteiger partial charge on any atom is -0.338 e. The van der Waals surface area contributed by atoms with E-state index in [1.54, 1.807) is 36.8 Å². The lowest BCUT2D eigenvalue weighted by Crippen LogP contribution is -2.30. The number of anilines is 2. The van der Waals surface area contributed by atoms with Crippen molar-refractivity contribution in [3.63, 3.8) is 0 Å². The van der Waals surface area contributed by atoms with E-state index in [0.717, 1.165) is 13.0 Å². The van der Waals surface area contributed by atoms with E-state index in [9.17, 15) is 9.59 Å². The fraction of sp³-hybridized carbons (Fsp3) is 0.353. The summed E-state index contributed by atoms with van der Waals surface area (Å²) in [5.41, 5.74) is 1.29. The highest BCUT2D eigenvalue weighted by Gasteiger charge is 2.08. The quantitative estimate of drug-likeness (QED) is 0.682. The first-order valence-electron chi connectivity index (χ1n) is 7.96. The third-order valence-electron chi connectivity index (χ3n) is 3.35. The fourth-order valence-corrected chi connectivity index (χ4v) is 2.02. The molecule has 0 radical (unpaired) electrons. The Morgan fingerprint density at radius 2 is 1.96 bits per heavy atom. The number of aromatic nitrogens is 2. The van der Waals surface area contributed by atoms with E-state index >= 15 is 0 Å². The number of hydrogen-bond acceptors (Lipinski definition) is 3. The number of rotatable bonds is 7. The van der Waals surface area contributed by atoms with Crippen molar-refractivity contribution in [2.45, 2.75) is 26.8 Å². The molecule has 7 heteroatoms. The molecule has 0 bridgehead atoms. The zero-order chi connectivity index (χ0) is 17.4. The van der Waals surface area contributed by atoms with Crippen LogP contribution in [0.3, 0.4) is 0 Å². The highest BCUT2D eigenvalue weighted by atomic mass is 16.2. The Morgan fingerprint density at radius 3 is 2.62 bits per heavy atom. The molecular formula is C17H23N5O2. The minimum atomic E-state index is -0.270. The number of nitrogens with zero attached hydrogens (tertiary/aromatic N) is 2. The number of nitrogens with one attached hydrogen (secondary N) is 3. The van der Waals surface area contributed by atoms with Crippen molar-refractivity contribution in [3.8, 4) is 0 Å². The summed E-state index contributed by atoms with van der Waals surface area (Å²) in [6.07, 6.45) is 6.17. The van der Waals surface area contributed by atoms with Gasteiger partial charge in [-0.05, 0) is 24.6 Å². The van der Waals surface area contributed by atoms with Gasteiger partial charge in [0.2, 0.25) is 5.91 Å². The first-order chi connectivity index (χ1) is 11.5. The molecule has 1 aromatic carbocycles. The third kappa shape index (κ3) is 5.75. The Hall–Kier alpha value is -2.83. The van der Waals surface area contributed by atoms with Gasteiger partial charge >= 0.3 is 6.03 Å². The van der Waals surface area contributed by atoms with Gasteiger partial charge < -0.3 is 20.5 Å². The van der Waals surface area contributed by atoms with Crippen LogP contribution in [0.1, 0.15) is 20.3 Å². The van der Waals surface area contributed by atoms with Crippen molar-refractivity contribution in [1.82, 2.24) is 14.9 Å². The van der Waals surface area contributed by atoms with Crippen molar-refractivity contribution in [1.29, 1.82) is 0 Å². The lowest BCUT2D eigenvalue weighted by atomic mass is 10.2. The molecule has 0 aliphatic carbocycles. The Labute approximate surface area is 141 Å². The molecule has 3 N–H and O–H groups in total. The van der Waals surface area contributed by atoms with E-state index < -0.39 is 0 Å². The average molecular weight is 329 g/mol. The summed E-state index contributed by atoms with van der Waals surface area (Å²) in [5, 5.41) is 8.36. The molecule has 0 spiro atoms. The number of aryl methyl sites for hydroxylation is 1. The molecule has 7 nitrogen and oxygen atoms in total. The normalized spacial score (nSPS) is 10.5. The molecular weight excluding hydrogens is 306 g/mol. The highest BCUT2D eigenvalue weighted by molar-refractivity contribution is 5.94. The zero-order valence-electron chi connectivity index (χ0n) is 14.0. The van der Waals surface area contributed by atoms with Crippen LogP contribution in [0, 0.1) is 5.92 Å². The summed E-state index contributed by atoms with van der Waals surface area (Å²) in [4.78, 5) is 27.6. The molecule has 1 aromatic heterocycles. The number of benzene rings is 1. The van der Waals surface area contributed by atoms with Crippen LogP contribution in [0.2, 0.25) is 0 Å². The van der Waals surface area contributed by atoms with Gasteiger partial charge in [0.25, 0.3) is 0 Å². The molecule has 3 amide bonds. The van der Waals surface area contributed by atoms with Gasteiger partial charge in [0, 0.05) is 42.8 Å². The smallest absolute Gasteiger partial charge is 0.319 e. The second-order valence-electron chi connectivity index (χ2n) is 5.76. The Bertz CT molecular complexity index is 667. The number of hydrogen-bond donors (Lipinski definition) is 3. The van der Waals surface area contributed by atoms with E-state index in [2.05, 4.69) is 20.9 Å². The number of imidazole rings is 1. The van der Waals surface area contributed by atoms with Crippen LogP contribution in [0.5, 0.6) is 0 Å². The molecule has 1 heterocycles. The zero-order valence-corrected chi connectivity index (χ0v) is 14.0. The average Bonchev–Trinajstić information content (AvgIpc) is 3.05. The fourth-order valence-electron chi connectivity index (χ4n) is 2.02. The first kappa shape index (κ1) is 17.5. The van der Waals surface area contributed by atoms with Crippen LogP contribution in [0.15, 0.2) is 43.0 Å². The molecule has 0 aliphatic rings. The lowest BCUT2D eigenvalue weighted by Gasteiger charge is -2.11. The van der Waals surface area contributed by atoms with E-state index in [-0.39, 0.29) is 17.9 Å². The molecule has 0 aliphatic heterocycles. The van der Waals surface area contributed by atoms with Gasteiger partial charge in [-0.3, -0.25) is 4.79 Å². The number of carbonyl (C=O) groups excluding carboxylic acids is 2. The molecule has 0 saturated carbocycles. The minimum absolute atomic E-state index is 0.0592. The van der Waals surface area contributed by atoms with Gasteiger partial charge in [0.15, 0.2) is 0 Å². The van der Waals surface area contributed by atoms with Crippen molar-refractivity contribution >= 4 is 23.3 Å². The van der Waals surface area contributed by atoms with Gasteiger partial charge in [-0.15, -0.1) is 0 Å². The van der Waals surface area contributed by atoms with Crippen LogP contribution in [0.25, 0.3) is 0 Å². The van der Waals surface area contributed by atoms with E-state index in [4.69, 9.17) is 0 Å². The van der Waals surface area contributed by atoms with Crippen LogP contribution in [-0.4, -0.2) is 28.0 Å². The van der Waals surface area contributed by atoms with Gasteiger partial charge in [-0.1, -0.05) is 19.9 Å². The molecule has 2 aromatic rings. The van der Waals surface area contributed by atoms with Crippen molar-refractivity contribution < 1.29 is 9.59 Å². The molecule has 24 heavy (non-hydrogen) atoms. The maximum Gasteiger partial charge on any atom is 0.319 e. The van der Waals surface area contributed by atoms with Crippen molar-refractivity contribution in [3.05, 3.63) is 43.0 Å². The van der Waals surface area contributed by atoms with Gasteiger partial charge in [-0.25, -0.2) is 9.78 Å². The SMILES string of the molecule is CC(C)C(=O)Nc1cccc(NC(=O)NCCCn2ccnc2)c1. The largest absolute Gasteiger partial charge is 0.338 e. The monoisotopic (exact) mass is 329 g/mol. The molecule has 128 valence electrons. The van der Waals surface area contributed by atoms with Crippen molar-refractivity contribution in [2.75, 3.05) is 17.2 Å². The molecule has 0 atom stereocenters. The summed E-state index contributed by atoms with van der Waals surface area (Å²) in [6, 6.07) is 6.80. The number of carbonyl (C=O) groups is 2. The van der Waals surface area contributed by atoms with Crippen LogP contribution in [-0.2, 0) is 11.3 Å². The molecule has 0 saturated heterocycles. The van der Waals surface area contributed by atoms with E-state index in [1.165, 1.54) is 0 Å². The summed E-state index contributed by atoms with van der Waals surface area (Å²) in [6.45, 7) is 5.02. The predicted molar refractivity (Wildman–Crippen MR) is 93.8 cm³/mol. The predicted octanol–water partition coefficient (Wildman–Crippen LogP) is 2.69. The summed E-state index contributed by atoms with van der Waals surface area (Å²) in [7, 11) is 0. The van der Waals surface area contributed by atoms with Crippen LogP contribution in [0.4, 0.5) is 16.2 Å². The Morgan fingerprint density at radius 1 is 1.21 bits per heavy atom. The summed E-state index contributed by atoms with van der Waals surface area (Å²) in [5.74, 6) is -0.156. The summed E-state index contributed by atoms with van der Waals surface area (Å²) < 4.78 is 1.96. The second kappa shape index (κ2) is 8.71. The number of urea groups is 1. The highest BCUT2D eigenvalue weighted by Crippen LogP contribution is 2.15. The van der Waals surface area contributed by atoms with Crippen LogP contribution < -0.4 is 16.0 Å². The Balaban J connectivity index is 1.75. The molecule has 2 rings (SSSR count). The first-order valence-corrected chi connectivity index (χ1v) is 7.96. The van der Waals surface area contributed by atoms with Gasteiger partial charge in [-0.2, -0.15) is 0 Å².